The SMILES string of the molecule is CCC(C#N)NC(C)C(=O)NCC(C)C. The van der Waals surface area contributed by atoms with Gasteiger partial charge in [0.1, 0.15) is 0 Å². The van der Waals surface area contributed by atoms with Crippen LogP contribution in [0.3, 0.4) is 0 Å². The first-order valence-electron chi connectivity index (χ1n) is 5.44. The normalized spacial score (nSPS) is 14.4. The molecule has 0 aromatic rings. The lowest BCUT2D eigenvalue weighted by atomic mass is 10.2. The van der Waals surface area contributed by atoms with Crippen molar-refractivity contribution in [3.63, 3.8) is 0 Å². The summed E-state index contributed by atoms with van der Waals surface area (Å²) in [4.78, 5) is 11.5. The van der Waals surface area contributed by atoms with Gasteiger partial charge in [0.15, 0.2) is 0 Å². The van der Waals surface area contributed by atoms with Crippen molar-refractivity contribution >= 4 is 5.91 Å². The van der Waals surface area contributed by atoms with Crippen LogP contribution in [0.1, 0.15) is 34.1 Å². The summed E-state index contributed by atoms with van der Waals surface area (Å²) < 4.78 is 0. The summed E-state index contributed by atoms with van der Waals surface area (Å²) in [5, 5.41) is 14.5. The molecule has 0 rings (SSSR count). The van der Waals surface area contributed by atoms with E-state index < -0.39 is 0 Å². The lowest BCUT2D eigenvalue weighted by molar-refractivity contribution is -0.123. The fraction of sp³-hybridized carbons (Fsp3) is 0.818. The monoisotopic (exact) mass is 211 g/mol. The molecule has 0 radical (unpaired) electrons. The van der Waals surface area contributed by atoms with Crippen molar-refractivity contribution in [3.05, 3.63) is 0 Å². The van der Waals surface area contributed by atoms with E-state index in [9.17, 15) is 4.79 Å². The summed E-state index contributed by atoms with van der Waals surface area (Å²) in [6.45, 7) is 8.45. The minimum Gasteiger partial charge on any atom is -0.354 e. The van der Waals surface area contributed by atoms with Crippen LogP contribution in [0.5, 0.6) is 0 Å². The molecule has 0 aliphatic rings. The van der Waals surface area contributed by atoms with Gasteiger partial charge in [-0.15, -0.1) is 0 Å². The van der Waals surface area contributed by atoms with Crippen LogP contribution in [0.25, 0.3) is 0 Å². The van der Waals surface area contributed by atoms with Crippen LogP contribution in [-0.4, -0.2) is 24.5 Å². The lowest BCUT2D eigenvalue weighted by Gasteiger charge is -2.17. The number of nitrogens with zero attached hydrogens (tertiary/aromatic N) is 1. The van der Waals surface area contributed by atoms with E-state index in [2.05, 4.69) is 16.7 Å². The topological polar surface area (TPSA) is 64.9 Å². The highest BCUT2D eigenvalue weighted by Gasteiger charge is 2.15. The number of rotatable bonds is 6. The highest BCUT2D eigenvalue weighted by molar-refractivity contribution is 5.81. The van der Waals surface area contributed by atoms with Gasteiger partial charge in [-0.05, 0) is 19.3 Å². The van der Waals surface area contributed by atoms with Gasteiger partial charge in [0.25, 0.3) is 0 Å². The standard InChI is InChI=1S/C11H21N3O/c1-5-10(6-12)14-9(4)11(15)13-7-8(2)3/h8-10,14H,5,7H2,1-4H3,(H,13,15). The molecule has 0 fully saturated rings. The Morgan fingerprint density at radius 2 is 2.00 bits per heavy atom. The van der Waals surface area contributed by atoms with E-state index in [0.717, 1.165) is 0 Å². The molecule has 15 heavy (non-hydrogen) atoms. The van der Waals surface area contributed by atoms with E-state index in [1.807, 2.05) is 20.8 Å². The third-order valence-electron chi connectivity index (χ3n) is 2.09. The Bertz CT molecular complexity index is 232. The zero-order valence-electron chi connectivity index (χ0n) is 10.0. The molecule has 2 unspecified atom stereocenters. The molecule has 0 spiro atoms. The first-order chi connectivity index (χ1) is 7.01. The van der Waals surface area contributed by atoms with E-state index in [0.29, 0.717) is 18.9 Å². The summed E-state index contributed by atoms with van der Waals surface area (Å²) in [5.41, 5.74) is 0. The van der Waals surface area contributed by atoms with Gasteiger partial charge < -0.3 is 5.32 Å². The third kappa shape index (κ3) is 6.08. The fourth-order valence-corrected chi connectivity index (χ4v) is 1.08. The average molecular weight is 211 g/mol. The van der Waals surface area contributed by atoms with Crippen LogP contribution in [-0.2, 0) is 4.79 Å². The molecule has 0 saturated carbocycles. The van der Waals surface area contributed by atoms with E-state index in [4.69, 9.17) is 5.26 Å². The minimum atomic E-state index is -0.312. The van der Waals surface area contributed by atoms with Gasteiger partial charge in [-0.1, -0.05) is 20.8 Å². The molecule has 86 valence electrons. The van der Waals surface area contributed by atoms with Crippen LogP contribution in [0.2, 0.25) is 0 Å². The number of amides is 1. The second-order valence-corrected chi connectivity index (χ2v) is 4.12. The van der Waals surface area contributed by atoms with E-state index >= 15 is 0 Å². The quantitative estimate of drug-likeness (QED) is 0.690. The predicted molar refractivity (Wildman–Crippen MR) is 60.1 cm³/mol. The van der Waals surface area contributed by atoms with Gasteiger partial charge in [-0.3, -0.25) is 10.1 Å². The molecule has 0 heterocycles. The number of nitriles is 1. The van der Waals surface area contributed by atoms with Crippen molar-refractivity contribution in [1.82, 2.24) is 10.6 Å². The van der Waals surface area contributed by atoms with Gasteiger partial charge in [0, 0.05) is 6.54 Å². The maximum atomic E-state index is 11.5. The van der Waals surface area contributed by atoms with Crippen LogP contribution >= 0.6 is 0 Å². The molecule has 0 aliphatic heterocycles. The van der Waals surface area contributed by atoms with Crippen molar-refractivity contribution in [3.8, 4) is 6.07 Å². The summed E-state index contributed by atoms with van der Waals surface area (Å²) in [6, 6.07) is 1.55. The van der Waals surface area contributed by atoms with Gasteiger partial charge in [-0.25, -0.2) is 0 Å². The Hall–Kier alpha value is -1.08. The maximum absolute atomic E-state index is 11.5. The van der Waals surface area contributed by atoms with Crippen molar-refractivity contribution in [1.29, 1.82) is 5.26 Å². The Kier molecular flexibility index (Phi) is 6.72. The first kappa shape index (κ1) is 13.9. The van der Waals surface area contributed by atoms with Crippen molar-refractivity contribution in [2.45, 2.75) is 46.2 Å². The Morgan fingerprint density at radius 1 is 1.40 bits per heavy atom. The lowest BCUT2D eigenvalue weighted by Crippen LogP contribution is -2.46. The number of hydrogen-bond acceptors (Lipinski definition) is 3. The van der Waals surface area contributed by atoms with Crippen LogP contribution in [0.4, 0.5) is 0 Å². The Morgan fingerprint density at radius 3 is 2.40 bits per heavy atom. The molecule has 2 N–H and O–H groups in total. The maximum Gasteiger partial charge on any atom is 0.236 e. The Balaban J connectivity index is 3.94. The van der Waals surface area contributed by atoms with E-state index in [1.165, 1.54) is 0 Å². The summed E-state index contributed by atoms with van der Waals surface area (Å²) in [6.07, 6.45) is 0.707. The van der Waals surface area contributed by atoms with Gasteiger partial charge in [-0.2, -0.15) is 5.26 Å². The van der Waals surface area contributed by atoms with E-state index in [1.54, 1.807) is 6.92 Å². The fourth-order valence-electron chi connectivity index (χ4n) is 1.08. The zero-order valence-corrected chi connectivity index (χ0v) is 10.0. The zero-order chi connectivity index (χ0) is 11.8. The molecule has 0 saturated heterocycles. The molecule has 4 nitrogen and oxygen atoms in total. The smallest absolute Gasteiger partial charge is 0.236 e. The van der Waals surface area contributed by atoms with Gasteiger partial charge in [0.2, 0.25) is 5.91 Å². The number of carbonyl (C=O) groups is 1. The molecular weight excluding hydrogens is 190 g/mol. The van der Waals surface area contributed by atoms with Crippen LogP contribution in [0, 0.1) is 17.2 Å². The summed E-state index contributed by atoms with van der Waals surface area (Å²) >= 11 is 0. The molecule has 2 atom stereocenters. The van der Waals surface area contributed by atoms with Crippen molar-refractivity contribution in [2.75, 3.05) is 6.54 Å². The molecule has 4 heteroatoms. The van der Waals surface area contributed by atoms with E-state index in [-0.39, 0.29) is 18.0 Å². The van der Waals surface area contributed by atoms with Crippen molar-refractivity contribution in [2.24, 2.45) is 5.92 Å². The molecule has 0 aromatic heterocycles. The second-order valence-electron chi connectivity index (χ2n) is 4.12. The summed E-state index contributed by atoms with van der Waals surface area (Å²) in [7, 11) is 0. The van der Waals surface area contributed by atoms with Gasteiger partial charge >= 0.3 is 0 Å². The second kappa shape index (κ2) is 7.24. The number of nitrogens with one attached hydrogen (secondary N) is 2. The molecular formula is C11H21N3O. The highest BCUT2D eigenvalue weighted by atomic mass is 16.2. The molecule has 0 aliphatic carbocycles. The van der Waals surface area contributed by atoms with Crippen LogP contribution in [0.15, 0.2) is 0 Å². The van der Waals surface area contributed by atoms with Crippen LogP contribution < -0.4 is 10.6 Å². The first-order valence-corrected chi connectivity index (χ1v) is 5.44. The minimum absolute atomic E-state index is 0.0441. The van der Waals surface area contributed by atoms with Crippen molar-refractivity contribution < 1.29 is 4.79 Å². The Labute approximate surface area is 92.0 Å². The molecule has 0 bridgehead atoms. The number of carbonyl (C=O) groups excluding carboxylic acids is 1. The molecule has 0 aromatic carbocycles. The van der Waals surface area contributed by atoms with Gasteiger partial charge in [0.05, 0.1) is 18.2 Å². The number of hydrogen-bond donors (Lipinski definition) is 2. The summed E-state index contributed by atoms with van der Waals surface area (Å²) in [5.74, 6) is 0.400. The third-order valence-corrected chi connectivity index (χ3v) is 2.09. The largest absolute Gasteiger partial charge is 0.354 e. The highest BCUT2D eigenvalue weighted by Crippen LogP contribution is 1.93. The predicted octanol–water partition coefficient (Wildman–Crippen LogP) is 1.04. The average Bonchev–Trinajstić information content (AvgIpc) is 2.21. The molecule has 1 amide bonds.